The normalized spacial score (nSPS) is 18.6. The molecule has 2 aromatic carbocycles. The van der Waals surface area contributed by atoms with Crippen molar-refractivity contribution in [3.8, 4) is 5.75 Å². The Hall–Kier alpha value is -3.31. The smallest absolute Gasteiger partial charge is 0.416 e. The first kappa shape index (κ1) is 23.4. The second kappa shape index (κ2) is 9.04. The van der Waals surface area contributed by atoms with E-state index in [0.717, 1.165) is 48.4 Å². The predicted octanol–water partition coefficient (Wildman–Crippen LogP) is 4.03. The van der Waals surface area contributed by atoms with Gasteiger partial charge in [-0.05, 0) is 60.3 Å². The maximum Gasteiger partial charge on any atom is 0.416 e. The second-order valence-electron chi connectivity index (χ2n) is 8.56. The van der Waals surface area contributed by atoms with Gasteiger partial charge in [0.2, 0.25) is 0 Å². The lowest BCUT2D eigenvalue weighted by molar-refractivity contribution is -0.138. The molecule has 1 amide bonds. The number of carbonyl (C=O) groups excluding carboxylic acids is 1. The lowest BCUT2D eigenvalue weighted by Crippen LogP contribution is -2.46. The molecule has 3 aromatic rings. The van der Waals surface area contributed by atoms with Crippen LogP contribution >= 0.6 is 11.8 Å². The number of hydrogen-bond acceptors (Lipinski definition) is 6. The minimum Gasteiger partial charge on any atom is -0.508 e. The number of nitrogens with zero attached hydrogens (tertiary/aromatic N) is 5. The highest BCUT2D eigenvalue weighted by Gasteiger charge is 2.34. The summed E-state index contributed by atoms with van der Waals surface area (Å²) >= 11 is 1.36. The third kappa shape index (κ3) is 4.92. The molecule has 0 atom stereocenters. The molecule has 1 aromatic heterocycles. The zero-order valence-electron chi connectivity index (χ0n) is 18.8. The molecular weight excluding hydrogens is 479 g/mol. The number of thioether (sulfide) groups is 1. The van der Waals surface area contributed by atoms with Gasteiger partial charge in [-0.25, -0.2) is 0 Å². The Balaban J connectivity index is 1.36. The first-order chi connectivity index (χ1) is 16.7. The molecule has 0 saturated carbocycles. The van der Waals surface area contributed by atoms with E-state index in [-0.39, 0.29) is 18.0 Å². The quantitative estimate of drug-likeness (QED) is 0.547. The molecule has 3 heterocycles. The van der Waals surface area contributed by atoms with Crippen molar-refractivity contribution in [3.05, 3.63) is 64.2 Å². The van der Waals surface area contributed by atoms with Gasteiger partial charge in [0, 0.05) is 31.6 Å². The molecule has 11 heteroatoms. The van der Waals surface area contributed by atoms with Gasteiger partial charge in [0.25, 0.3) is 5.91 Å². The minimum atomic E-state index is -4.59. The molecule has 0 bridgehead atoms. The summed E-state index contributed by atoms with van der Waals surface area (Å²) in [5, 5.41) is 15.2. The number of amidine groups is 1. The summed E-state index contributed by atoms with van der Waals surface area (Å²) in [6.45, 7) is 3.38. The van der Waals surface area contributed by atoms with Crippen LogP contribution in [-0.4, -0.2) is 69.0 Å². The maximum atomic E-state index is 13.4. The van der Waals surface area contributed by atoms with Crippen LogP contribution < -0.4 is 0 Å². The molecule has 0 radical (unpaired) electrons. The summed E-state index contributed by atoms with van der Waals surface area (Å²) in [7, 11) is 2.07. The van der Waals surface area contributed by atoms with E-state index in [1.807, 2.05) is 6.07 Å². The molecule has 1 saturated heterocycles. The third-order valence-corrected chi connectivity index (χ3v) is 7.11. The maximum absolute atomic E-state index is 13.4. The Bertz CT molecular complexity index is 1360. The van der Waals surface area contributed by atoms with Crippen LogP contribution in [0.3, 0.4) is 0 Å². The Morgan fingerprint density at radius 3 is 2.63 bits per heavy atom. The number of halogens is 3. The SMILES string of the molecule is CN1CCN(C2=NC(=O)/C(=C/c3ccc4c(cnn4Cc4ccc(O)cc4C(F)(F)F)c3)S2)CC1. The molecule has 182 valence electrons. The second-order valence-corrected chi connectivity index (χ2v) is 9.57. The van der Waals surface area contributed by atoms with E-state index in [1.165, 1.54) is 28.6 Å². The third-order valence-electron chi connectivity index (χ3n) is 6.07. The molecule has 0 spiro atoms. The van der Waals surface area contributed by atoms with E-state index in [0.29, 0.717) is 10.4 Å². The molecule has 7 nitrogen and oxygen atoms in total. The van der Waals surface area contributed by atoms with Gasteiger partial charge < -0.3 is 14.9 Å². The lowest BCUT2D eigenvalue weighted by Gasteiger charge is -2.32. The molecule has 35 heavy (non-hydrogen) atoms. The highest BCUT2D eigenvalue weighted by molar-refractivity contribution is 8.18. The van der Waals surface area contributed by atoms with Gasteiger partial charge in [-0.2, -0.15) is 23.3 Å². The van der Waals surface area contributed by atoms with Crippen molar-refractivity contribution in [3.63, 3.8) is 0 Å². The van der Waals surface area contributed by atoms with Crippen molar-refractivity contribution in [2.75, 3.05) is 33.2 Å². The number of hydrogen-bond donors (Lipinski definition) is 1. The minimum absolute atomic E-state index is 0.00744. The number of aliphatic imine (C=N–C) groups is 1. The van der Waals surface area contributed by atoms with Gasteiger partial charge in [0.05, 0.1) is 28.7 Å². The molecular formula is C24H22F3N5O2S. The zero-order chi connectivity index (χ0) is 24.7. The fourth-order valence-corrected chi connectivity index (χ4v) is 5.10. The summed E-state index contributed by atoms with van der Waals surface area (Å²) in [6, 6.07) is 8.63. The van der Waals surface area contributed by atoms with Crippen LogP contribution in [0, 0.1) is 0 Å². The first-order valence-corrected chi connectivity index (χ1v) is 11.8. The number of carbonyl (C=O) groups is 1. The Labute approximate surface area is 203 Å². The first-order valence-electron chi connectivity index (χ1n) is 11.0. The van der Waals surface area contributed by atoms with Crippen LogP contribution in [0.2, 0.25) is 0 Å². The van der Waals surface area contributed by atoms with Crippen molar-refractivity contribution in [2.24, 2.45) is 4.99 Å². The number of phenols is 1. The molecule has 2 aliphatic rings. The number of likely N-dealkylation sites (N-methyl/N-ethyl adjacent to an activating group) is 1. The zero-order valence-corrected chi connectivity index (χ0v) is 19.6. The van der Waals surface area contributed by atoms with Crippen molar-refractivity contribution in [1.82, 2.24) is 19.6 Å². The van der Waals surface area contributed by atoms with Crippen LogP contribution in [0.25, 0.3) is 17.0 Å². The van der Waals surface area contributed by atoms with E-state index < -0.39 is 17.5 Å². The van der Waals surface area contributed by atoms with E-state index in [1.54, 1.807) is 24.4 Å². The Morgan fingerprint density at radius 1 is 1.11 bits per heavy atom. The Morgan fingerprint density at radius 2 is 1.89 bits per heavy atom. The fourth-order valence-electron chi connectivity index (χ4n) is 4.13. The van der Waals surface area contributed by atoms with Crippen molar-refractivity contribution in [2.45, 2.75) is 12.7 Å². The van der Waals surface area contributed by atoms with E-state index in [4.69, 9.17) is 0 Å². The van der Waals surface area contributed by atoms with Crippen LogP contribution in [-0.2, 0) is 17.5 Å². The predicted molar refractivity (Wildman–Crippen MR) is 129 cm³/mol. The molecule has 1 fully saturated rings. The monoisotopic (exact) mass is 501 g/mol. The van der Waals surface area contributed by atoms with Crippen LogP contribution in [0.15, 0.2) is 52.5 Å². The average Bonchev–Trinajstić information content (AvgIpc) is 3.38. The van der Waals surface area contributed by atoms with Crippen molar-refractivity contribution in [1.29, 1.82) is 0 Å². The van der Waals surface area contributed by atoms with Gasteiger partial charge >= 0.3 is 6.18 Å². The number of amides is 1. The number of aromatic nitrogens is 2. The molecule has 0 unspecified atom stereocenters. The summed E-state index contributed by atoms with van der Waals surface area (Å²) in [5.41, 5.74) is 0.555. The largest absolute Gasteiger partial charge is 0.508 e. The van der Waals surface area contributed by atoms with Crippen molar-refractivity contribution >= 4 is 39.8 Å². The number of benzene rings is 2. The fraction of sp³-hybridized carbons (Fsp3) is 0.292. The number of piperazine rings is 1. The highest BCUT2D eigenvalue weighted by atomic mass is 32.2. The van der Waals surface area contributed by atoms with Crippen LogP contribution in [0.1, 0.15) is 16.7 Å². The Kier molecular flexibility index (Phi) is 6.06. The van der Waals surface area contributed by atoms with Gasteiger partial charge in [0.15, 0.2) is 5.17 Å². The van der Waals surface area contributed by atoms with Crippen molar-refractivity contribution < 1.29 is 23.1 Å². The highest BCUT2D eigenvalue weighted by Crippen LogP contribution is 2.35. The molecule has 2 aliphatic heterocycles. The van der Waals surface area contributed by atoms with Gasteiger partial charge in [-0.3, -0.25) is 9.48 Å². The number of aromatic hydroxyl groups is 1. The number of fused-ring (bicyclic) bond motifs is 1. The van der Waals surface area contributed by atoms with E-state index in [2.05, 4.69) is 26.9 Å². The van der Waals surface area contributed by atoms with Gasteiger partial charge in [0.1, 0.15) is 5.75 Å². The van der Waals surface area contributed by atoms with Crippen LogP contribution in [0.4, 0.5) is 13.2 Å². The summed E-state index contributed by atoms with van der Waals surface area (Å²) in [4.78, 5) is 21.6. The number of phenolic OH excluding ortho intramolecular Hbond substituents is 1. The summed E-state index contributed by atoms with van der Waals surface area (Å²) in [5.74, 6) is -0.713. The van der Waals surface area contributed by atoms with Gasteiger partial charge in [-0.1, -0.05) is 12.1 Å². The van der Waals surface area contributed by atoms with E-state index >= 15 is 0 Å². The van der Waals surface area contributed by atoms with Crippen LogP contribution in [0.5, 0.6) is 5.75 Å². The number of alkyl halides is 3. The summed E-state index contributed by atoms with van der Waals surface area (Å²) in [6.07, 6.45) is -1.23. The topological polar surface area (TPSA) is 74.0 Å². The van der Waals surface area contributed by atoms with E-state index in [9.17, 15) is 23.1 Å². The standard InChI is InChI=1S/C24H22F3N5O2S/c1-30-6-8-31(9-7-30)23-29-22(34)21(35-23)11-15-2-5-20-17(10-15)13-28-32(20)14-16-3-4-18(33)12-19(16)24(25,26)27/h2-5,10-13,33H,6-9,14H2,1H3/b21-11-. The molecule has 1 N–H and O–H groups in total. The average molecular weight is 502 g/mol. The summed E-state index contributed by atoms with van der Waals surface area (Å²) < 4.78 is 41.7. The number of rotatable bonds is 3. The van der Waals surface area contributed by atoms with Gasteiger partial charge in [-0.15, -0.1) is 0 Å². The molecule has 5 rings (SSSR count). The lowest BCUT2D eigenvalue weighted by atomic mass is 10.1. The molecule has 0 aliphatic carbocycles.